The summed E-state index contributed by atoms with van der Waals surface area (Å²) < 4.78 is 42.3. The standard InChI is InChI=1S/C31H27ClF3N5O3/c32-24-9-2-1-8-23(24)27(29(42)38-21-12-14-31(34,35)15-13-21)39(22-7-3-6-20(33)17-22)30(43)25-10-11-26(41)40(25)28-19(18-36)5-4-16-37-28/h1-9,16-17,21,25,27H,10-15H2,(H,38,42)/t25-,27-/m0/s1. The van der Waals surface area contributed by atoms with Gasteiger partial charge in [0.05, 0.1) is 5.56 Å². The van der Waals surface area contributed by atoms with Crippen LogP contribution in [0.3, 0.4) is 0 Å². The van der Waals surface area contributed by atoms with E-state index in [1.165, 1.54) is 42.6 Å². The van der Waals surface area contributed by atoms with Gasteiger partial charge in [0.25, 0.3) is 5.91 Å². The fraction of sp³-hybridized carbons (Fsp3) is 0.323. The lowest BCUT2D eigenvalue weighted by molar-refractivity contribution is -0.128. The van der Waals surface area contributed by atoms with Crippen LogP contribution in [0.25, 0.3) is 0 Å². The van der Waals surface area contributed by atoms with E-state index in [9.17, 15) is 32.8 Å². The Morgan fingerprint density at radius 1 is 1.09 bits per heavy atom. The number of amides is 3. The Kier molecular flexibility index (Phi) is 8.69. The predicted molar refractivity (Wildman–Crippen MR) is 153 cm³/mol. The number of nitrogens with one attached hydrogen (secondary N) is 1. The van der Waals surface area contributed by atoms with Crippen molar-refractivity contribution in [3.63, 3.8) is 0 Å². The minimum absolute atomic E-state index is 0.00748. The predicted octanol–water partition coefficient (Wildman–Crippen LogP) is 5.71. The number of halogens is 4. The molecule has 1 aliphatic heterocycles. The summed E-state index contributed by atoms with van der Waals surface area (Å²) in [4.78, 5) is 48.2. The molecule has 2 atom stereocenters. The second-order valence-corrected chi connectivity index (χ2v) is 11.0. The van der Waals surface area contributed by atoms with E-state index in [-0.39, 0.29) is 53.3 Å². The van der Waals surface area contributed by atoms with E-state index in [4.69, 9.17) is 11.6 Å². The van der Waals surface area contributed by atoms with Gasteiger partial charge >= 0.3 is 0 Å². The number of aromatic nitrogens is 1. The van der Waals surface area contributed by atoms with E-state index in [2.05, 4.69) is 10.3 Å². The van der Waals surface area contributed by atoms with Crippen molar-refractivity contribution in [1.82, 2.24) is 10.3 Å². The summed E-state index contributed by atoms with van der Waals surface area (Å²) in [5, 5.41) is 12.6. The summed E-state index contributed by atoms with van der Waals surface area (Å²) in [6.45, 7) is 0. The highest BCUT2D eigenvalue weighted by atomic mass is 35.5. The molecular formula is C31H27ClF3N5O3. The average Bonchev–Trinajstić information content (AvgIpc) is 3.38. The molecule has 3 aromatic rings. The summed E-state index contributed by atoms with van der Waals surface area (Å²) in [5.74, 6) is -5.40. The minimum Gasteiger partial charge on any atom is -0.351 e. The van der Waals surface area contributed by atoms with Crippen LogP contribution in [-0.4, -0.2) is 40.7 Å². The van der Waals surface area contributed by atoms with Gasteiger partial charge in [-0.1, -0.05) is 35.9 Å². The number of carbonyl (C=O) groups excluding carboxylic acids is 3. The van der Waals surface area contributed by atoms with Crippen LogP contribution >= 0.6 is 11.6 Å². The first-order valence-corrected chi connectivity index (χ1v) is 14.2. The fourth-order valence-electron chi connectivity index (χ4n) is 5.61. The summed E-state index contributed by atoms with van der Waals surface area (Å²) in [7, 11) is 0. The van der Waals surface area contributed by atoms with E-state index < -0.39 is 60.4 Å². The molecule has 1 N–H and O–H groups in total. The van der Waals surface area contributed by atoms with Crippen LogP contribution in [0.5, 0.6) is 0 Å². The summed E-state index contributed by atoms with van der Waals surface area (Å²) in [6, 6.07) is 13.2. The highest BCUT2D eigenvalue weighted by Gasteiger charge is 2.45. The summed E-state index contributed by atoms with van der Waals surface area (Å²) in [6.07, 6.45) is 0.666. The molecule has 8 nitrogen and oxygen atoms in total. The van der Waals surface area contributed by atoms with Crippen molar-refractivity contribution in [1.29, 1.82) is 5.26 Å². The van der Waals surface area contributed by atoms with Gasteiger partial charge in [0.15, 0.2) is 5.82 Å². The molecule has 2 aromatic carbocycles. The van der Waals surface area contributed by atoms with Crippen molar-refractivity contribution in [2.24, 2.45) is 0 Å². The van der Waals surface area contributed by atoms with E-state index in [1.54, 1.807) is 18.2 Å². The number of alkyl halides is 2. The lowest BCUT2D eigenvalue weighted by Crippen LogP contribution is -2.53. The molecule has 2 heterocycles. The van der Waals surface area contributed by atoms with E-state index in [0.29, 0.717) is 0 Å². The average molecular weight is 610 g/mol. The van der Waals surface area contributed by atoms with Gasteiger partial charge in [0, 0.05) is 47.8 Å². The maximum Gasteiger partial charge on any atom is 0.251 e. The fourth-order valence-corrected chi connectivity index (χ4v) is 5.85. The topological polar surface area (TPSA) is 106 Å². The van der Waals surface area contributed by atoms with Crippen molar-refractivity contribution in [2.75, 3.05) is 9.80 Å². The molecule has 2 fully saturated rings. The number of anilines is 2. The molecule has 12 heteroatoms. The molecule has 1 aromatic heterocycles. The van der Waals surface area contributed by atoms with Crippen molar-refractivity contribution in [3.05, 3.63) is 88.8 Å². The maximum atomic E-state index is 14.6. The second kappa shape index (κ2) is 12.4. The number of pyridine rings is 1. The first kappa shape index (κ1) is 30.0. The van der Waals surface area contributed by atoms with E-state index in [0.717, 1.165) is 15.9 Å². The Balaban J connectivity index is 1.60. The molecule has 0 radical (unpaired) electrons. The smallest absolute Gasteiger partial charge is 0.251 e. The minimum atomic E-state index is -2.82. The number of nitriles is 1. The van der Waals surface area contributed by atoms with E-state index >= 15 is 0 Å². The molecule has 222 valence electrons. The van der Waals surface area contributed by atoms with Gasteiger partial charge in [-0.15, -0.1) is 0 Å². The van der Waals surface area contributed by atoms with Crippen LogP contribution in [0.4, 0.5) is 24.7 Å². The van der Waals surface area contributed by atoms with Gasteiger partial charge in [-0.3, -0.25) is 24.2 Å². The zero-order valence-electron chi connectivity index (χ0n) is 22.9. The SMILES string of the molecule is N#Cc1cccnc1N1C(=O)CC[C@H]1C(=O)N(c1cccc(F)c1)[C@H](C(=O)NC1CCC(F)(F)CC1)c1ccccc1Cl. The second-order valence-electron chi connectivity index (χ2n) is 10.6. The van der Waals surface area contributed by atoms with Crippen molar-refractivity contribution in [3.8, 4) is 6.07 Å². The Morgan fingerprint density at radius 3 is 2.53 bits per heavy atom. The normalized spacial score (nSPS) is 19.0. The highest BCUT2D eigenvalue weighted by molar-refractivity contribution is 6.31. The number of hydrogen-bond acceptors (Lipinski definition) is 5. The van der Waals surface area contributed by atoms with Gasteiger partial charge in [-0.05, 0) is 55.7 Å². The Morgan fingerprint density at radius 2 is 1.84 bits per heavy atom. The summed E-state index contributed by atoms with van der Waals surface area (Å²) in [5.41, 5.74) is 0.301. The molecule has 1 saturated carbocycles. The van der Waals surface area contributed by atoms with Gasteiger partial charge in [-0.25, -0.2) is 18.2 Å². The molecule has 1 saturated heterocycles. The lowest BCUT2D eigenvalue weighted by Gasteiger charge is -2.37. The van der Waals surface area contributed by atoms with Crippen molar-refractivity contribution >= 4 is 40.8 Å². The van der Waals surface area contributed by atoms with Gasteiger partial charge in [0.1, 0.15) is 24.0 Å². The Labute approximate surface area is 251 Å². The molecule has 0 spiro atoms. The first-order chi connectivity index (χ1) is 20.6. The van der Waals surface area contributed by atoms with Crippen LogP contribution in [0.2, 0.25) is 5.02 Å². The largest absolute Gasteiger partial charge is 0.351 e. The maximum absolute atomic E-state index is 14.6. The third kappa shape index (κ3) is 6.34. The number of hydrogen-bond donors (Lipinski definition) is 1. The zero-order chi connectivity index (χ0) is 30.7. The summed E-state index contributed by atoms with van der Waals surface area (Å²) >= 11 is 6.56. The lowest BCUT2D eigenvalue weighted by atomic mass is 9.91. The number of rotatable bonds is 7. The third-order valence-corrected chi connectivity index (χ3v) is 8.07. The van der Waals surface area contributed by atoms with Crippen LogP contribution in [0.15, 0.2) is 66.9 Å². The molecule has 1 aliphatic carbocycles. The molecular weight excluding hydrogens is 583 g/mol. The number of nitrogens with zero attached hydrogens (tertiary/aromatic N) is 4. The monoisotopic (exact) mass is 609 g/mol. The van der Waals surface area contributed by atoms with Crippen molar-refractivity contribution < 1.29 is 27.6 Å². The Hall–Kier alpha value is -4.43. The number of benzene rings is 2. The van der Waals surface area contributed by atoms with Crippen LogP contribution in [0.1, 0.15) is 55.7 Å². The highest BCUT2D eigenvalue weighted by Crippen LogP contribution is 2.38. The van der Waals surface area contributed by atoms with E-state index in [1.807, 2.05) is 6.07 Å². The molecule has 0 bridgehead atoms. The third-order valence-electron chi connectivity index (χ3n) is 7.73. The zero-order valence-corrected chi connectivity index (χ0v) is 23.6. The van der Waals surface area contributed by atoms with Crippen molar-refractivity contribution in [2.45, 2.75) is 62.6 Å². The van der Waals surface area contributed by atoms with Gasteiger partial charge < -0.3 is 5.32 Å². The first-order valence-electron chi connectivity index (χ1n) is 13.8. The molecule has 43 heavy (non-hydrogen) atoms. The quantitative estimate of drug-likeness (QED) is 0.369. The van der Waals surface area contributed by atoms with Crippen LogP contribution in [0, 0.1) is 17.1 Å². The Bertz CT molecular complexity index is 1590. The molecule has 3 amide bonds. The van der Waals surface area contributed by atoms with Crippen LogP contribution < -0.4 is 15.1 Å². The van der Waals surface area contributed by atoms with Gasteiger partial charge in [0.2, 0.25) is 17.7 Å². The molecule has 5 rings (SSSR count). The van der Waals surface area contributed by atoms with Crippen LogP contribution in [-0.2, 0) is 14.4 Å². The number of carbonyl (C=O) groups is 3. The molecule has 0 unspecified atom stereocenters. The van der Waals surface area contributed by atoms with Gasteiger partial charge in [-0.2, -0.15) is 5.26 Å². The molecule has 2 aliphatic rings.